The highest BCUT2D eigenvalue weighted by atomic mass is 14.3. The van der Waals surface area contributed by atoms with Crippen LogP contribution < -0.4 is 0 Å². The van der Waals surface area contributed by atoms with E-state index in [1.54, 1.807) is 0 Å². The highest BCUT2D eigenvalue weighted by molar-refractivity contribution is 5.01. The van der Waals surface area contributed by atoms with E-state index in [1.807, 2.05) is 0 Å². The first-order valence-corrected chi connectivity index (χ1v) is 7.97. The lowest BCUT2D eigenvalue weighted by molar-refractivity contribution is 0.217. The molecule has 0 rings (SSSR count). The van der Waals surface area contributed by atoms with E-state index in [-0.39, 0.29) is 7.43 Å². The van der Waals surface area contributed by atoms with E-state index in [0.717, 1.165) is 18.3 Å². The molecule has 0 aromatic carbocycles. The van der Waals surface area contributed by atoms with Gasteiger partial charge in [-0.1, -0.05) is 66.7 Å². The number of hydrogen-bond acceptors (Lipinski definition) is 0. The molecule has 0 aliphatic rings. The molecule has 0 bridgehead atoms. The maximum absolute atomic E-state index is 3.86. The topological polar surface area (TPSA) is 0 Å². The first kappa shape index (κ1) is 21.8. The van der Waals surface area contributed by atoms with E-state index < -0.39 is 0 Å². The van der Waals surface area contributed by atoms with Gasteiger partial charge in [0, 0.05) is 0 Å². The van der Waals surface area contributed by atoms with Crippen LogP contribution in [-0.4, -0.2) is 0 Å². The van der Waals surface area contributed by atoms with E-state index in [1.165, 1.54) is 24.8 Å². The SMILES string of the molecule is C.C=CCC(C)C(C)CC(C)(C)CC/C=C(\C)C(C)C. The number of allylic oxidation sites excluding steroid dienone is 3. The van der Waals surface area contributed by atoms with Crippen molar-refractivity contribution in [2.45, 2.75) is 81.6 Å². The lowest BCUT2D eigenvalue weighted by Crippen LogP contribution is -2.19. The summed E-state index contributed by atoms with van der Waals surface area (Å²) in [6, 6.07) is 0. The van der Waals surface area contributed by atoms with Gasteiger partial charge in [-0.05, 0) is 55.8 Å². The molecule has 0 aromatic heterocycles. The summed E-state index contributed by atoms with van der Waals surface area (Å²) >= 11 is 0. The van der Waals surface area contributed by atoms with Crippen LogP contribution in [0, 0.1) is 23.2 Å². The van der Waals surface area contributed by atoms with Gasteiger partial charge in [0.05, 0.1) is 0 Å². The van der Waals surface area contributed by atoms with Crippen LogP contribution in [0.15, 0.2) is 24.3 Å². The number of hydrogen-bond donors (Lipinski definition) is 0. The van der Waals surface area contributed by atoms with E-state index in [4.69, 9.17) is 0 Å². The molecule has 120 valence electrons. The summed E-state index contributed by atoms with van der Waals surface area (Å²) in [6.07, 6.45) is 9.47. The Labute approximate surface area is 129 Å². The molecule has 0 aliphatic carbocycles. The van der Waals surface area contributed by atoms with Gasteiger partial charge < -0.3 is 0 Å². The van der Waals surface area contributed by atoms with E-state index >= 15 is 0 Å². The van der Waals surface area contributed by atoms with Crippen molar-refractivity contribution < 1.29 is 0 Å². The van der Waals surface area contributed by atoms with Crippen LogP contribution in [0.2, 0.25) is 0 Å². The van der Waals surface area contributed by atoms with Crippen molar-refractivity contribution >= 4 is 0 Å². The predicted molar refractivity (Wildman–Crippen MR) is 96.1 cm³/mol. The van der Waals surface area contributed by atoms with Crippen LogP contribution in [0.5, 0.6) is 0 Å². The fourth-order valence-electron chi connectivity index (χ4n) is 2.60. The van der Waals surface area contributed by atoms with Gasteiger partial charge in [-0.2, -0.15) is 0 Å². The monoisotopic (exact) mass is 280 g/mol. The summed E-state index contributed by atoms with van der Waals surface area (Å²) in [5.41, 5.74) is 1.98. The fraction of sp³-hybridized carbons (Fsp3) is 0.800. The third-order valence-electron chi connectivity index (χ3n) is 4.58. The summed E-state index contributed by atoms with van der Waals surface area (Å²) in [5.74, 6) is 2.22. The summed E-state index contributed by atoms with van der Waals surface area (Å²) in [5, 5.41) is 0. The van der Waals surface area contributed by atoms with Gasteiger partial charge in [0.15, 0.2) is 0 Å². The Balaban J connectivity index is 0. The van der Waals surface area contributed by atoms with Crippen molar-refractivity contribution in [1.29, 1.82) is 0 Å². The third-order valence-corrected chi connectivity index (χ3v) is 4.58. The van der Waals surface area contributed by atoms with Crippen LogP contribution in [0.25, 0.3) is 0 Å². The Hall–Kier alpha value is -0.520. The van der Waals surface area contributed by atoms with Gasteiger partial charge in [0.25, 0.3) is 0 Å². The van der Waals surface area contributed by atoms with Gasteiger partial charge >= 0.3 is 0 Å². The molecular weight excluding hydrogens is 240 g/mol. The largest absolute Gasteiger partial charge is 0.103 e. The summed E-state index contributed by atoms with van der Waals surface area (Å²) < 4.78 is 0. The summed E-state index contributed by atoms with van der Waals surface area (Å²) in [6.45, 7) is 20.2. The van der Waals surface area contributed by atoms with Crippen molar-refractivity contribution in [2.24, 2.45) is 23.2 Å². The maximum Gasteiger partial charge on any atom is -0.0263 e. The molecule has 0 spiro atoms. The molecule has 0 N–H and O–H groups in total. The average molecular weight is 281 g/mol. The van der Waals surface area contributed by atoms with Crippen molar-refractivity contribution in [3.8, 4) is 0 Å². The maximum atomic E-state index is 3.86. The molecule has 0 fully saturated rings. The molecule has 0 aromatic rings. The van der Waals surface area contributed by atoms with Crippen molar-refractivity contribution in [1.82, 2.24) is 0 Å². The highest BCUT2D eigenvalue weighted by Crippen LogP contribution is 2.34. The molecular formula is C20H40. The fourth-order valence-corrected chi connectivity index (χ4v) is 2.60. The van der Waals surface area contributed by atoms with Gasteiger partial charge in [0.2, 0.25) is 0 Å². The van der Waals surface area contributed by atoms with Crippen LogP contribution >= 0.6 is 0 Å². The third kappa shape index (κ3) is 9.39. The molecule has 0 amide bonds. The van der Waals surface area contributed by atoms with E-state index in [0.29, 0.717) is 11.3 Å². The van der Waals surface area contributed by atoms with Gasteiger partial charge in [-0.25, -0.2) is 0 Å². The standard InChI is InChI=1S/C19H36.CH4/c1-9-11-17(5)18(6)14-19(7,8)13-10-12-16(4)15(2)3;/h9,12,15,17-18H,1,10-11,13-14H2,2-8H3;1H4/b16-12+;. The van der Waals surface area contributed by atoms with Crippen LogP contribution in [-0.2, 0) is 0 Å². The van der Waals surface area contributed by atoms with Crippen molar-refractivity contribution in [3.05, 3.63) is 24.3 Å². The number of rotatable bonds is 9. The minimum atomic E-state index is 0. The summed E-state index contributed by atoms with van der Waals surface area (Å²) in [7, 11) is 0. The molecule has 0 radical (unpaired) electrons. The predicted octanol–water partition coefficient (Wildman–Crippen LogP) is 7.27. The zero-order valence-electron chi connectivity index (χ0n) is 14.4. The molecule has 0 heterocycles. The van der Waals surface area contributed by atoms with Crippen LogP contribution in [0.1, 0.15) is 81.6 Å². The zero-order valence-corrected chi connectivity index (χ0v) is 14.4. The highest BCUT2D eigenvalue weighted by Gasteiger charge is 2.23. The molecule has 0 saturated carbocycles. The summed E-state index contributed by atoms with van der Waals surface area (Å²) in [4.78, 5) is 0. The van der Waals surface area contributed by atoms with Crippen LogP contribution in [0.3, 0.4) is 0 Å². The zero-order chi connectivity index (χ0) is 15.1. The minimum absolute atomic E-state index is 0. The lowest BCUT2D eigenvalue weighted by Gasteiger charge is -2.30. The Bertz CT molecular complexity index is 280. The Morgan fingerprint density at radius 2 is 1.65 bits per heavy atom. The second kappa shape index (κ2) is 10.2. The molecule has 0 saturated heterocycles. The molecule has 0 nitrogen and oxygen atoms in total. The minimum Gasteiger partial charge on any atom is -0.103 e. The van der Waals surface area contributed by atoms with Gasteiger partial charge in [0.1, 0.15) is 0 Å². The first-order chi connectivity index (χ1) is 8.69. The van der Waals surface area contributed by atoms with E-state index in [9.17, 15) is 0 Å². The first-order valence-electron chi connectivity index (χ1n) is 7.97. The van der Waals surface area contributed by atoms with Crippen LogP contribution in [0.4, 0.5) is 0 Å². The molecule has 20 heavy (non-hydrogen) atoms. The second-order valence-corrected chi connectivity index (χ2v) is 7.49. The molecule has 0 aliphatic heterocycles. The lowest BCUT2D eigenvalue weighted by atomic mass is 9.75. The Morgan fingerprint density at radius 3 is 2.10 bits per heavy atom. The normalized spacial score (nSPS) is 15.7. The van der Waals surface area contributed by atoms with Crippen molar-refractivity contribution in [3.63, 3.8) is 0 Å². The van der Waals surface area contributed by atoms with Gasteiger partial charge in [-0.15, -0.1) is 6.58 Å². The quantitative estimate of drug-likeness (QED) is 0.389. The average Bonchev–Trinajstić information content (AvgIpc) is 2.27. The van der Waals surface area contributed by atoms with E-state index in [2.05, 4.69) is 67.2 Å². The molecule has 0 heteroatoms. The van der Waals surface area contributed by atoms with Crippen molar-refractivity contribution in [2.75, 3.05) is 0 Å². The van der Waals surface area contributed by atoms with Gasteiger partial charge in [-0.3, -0.25) is 0 Å². The second-order valence-electron chi connectivity index (χ2n) is 7.49. The smallest absolute Gasteiger partial charge is 0.0263 e. The molecule has 2 unspecified atom stereocenters. The molecule has 2 atom stereocenters. The Kier molecular flexibility index (Phi) is 11.1. The Morgan fingerprint density at radius 1 is 1.10 bits per heavy atom.